The Morgan fingerprint density at radius 3 is 2.79 bits per heavy atom. The third-order valence-corrected chi connectivity index (χ3v) is 4.87. The van der Waals surface area contributed by atoms with Crippen LogP contribution in [0.5, 0.6) is 0 Å². The van der Waals surface area contributed by atoms with Crippen molar-refractivity contribution in [1.29, 1.82) is 0 Å². The van der Waals surface area contributed by atoms with E-state index in [0.717, 1.165) is 9.13 Å². The number of carbonyl (C=O) groups excluding carboxylic acids is 1. The van der Waals surface area contributed by atoms with Crippen LogP contribution in [0.3, 0.4) is 0 Å². The monoisotopic (exact) mass is 512 g/mol. The Morgan fingerprint density at radius 1 is 1.28 bits per heavy atom. The van der Waals surface area contributed by atoms with Gasteiger partial charge in [0.25, 0.3) is 5.91 Å². The van der Waals surface area contributed by atoms with Crippen molar-refractivity contribution in [2.75, 3.05) is 25.6 Å². The average molecular weight is 512 g/mol. The summed E-state index contributed by atoms with van der Waals surface area (Å²) in [5.41, 5.74) is 2.02. The van der Waals surface area contributed by atoms with E-state index in [1.54, 1.807) is 0 Å². The number of carbonyl (C=O) groups is 1. The number of likely N-dealkylation sites (N-methyl/N-ethyl adjacent to an activating group) is 1. The number of aliphatic hydroxyl groups excluding tert-OH is 2. The number of hydrogen-bond donors (Lipinski definition) is 4. The molecule has 1 aromatic carbocycles. The minimum atomic E-state index is -1.13. The molecule has 3 rings (SSSR count). The van der Waals surface area contributed by atoms with E-state index in [4.69, 9.17) is 4.74 Å². The van der Waals surface area contributed by atoms with Gasteiger partial charge in [-0.2, -0.15) is 0 Å². The summed E-state index contributed by atoms with van der Waals surface area (Å²) in [5, 5.41) is 24.8. The third-order valence-electron chi connectivity index (χ3n) is 4.20. The summed E-state index contributed by atoms with van der Waals surface area (Å²) in [5.74, 6) is 0.0409. The summed E-state index contributed by atoms with van der Waals surface area (Å²) < 4.78 is 8.20. The van der Waals surface area contributed by atoms with Gasteiger partial charge in [0, 0.05) is 17.2 Å². The summed E-state index contributed by atoms with van der Waals surface area (Å²) in [4.78, 5) is 24.6. The van der Waals surface area contributed by atoms with Gasteiger partial charge in [0.15, 0.2) is 29.3 Å². The Morgan fingerprint density at radius 2 is 2.10 bits per heavy atom. The van der Waals surface area contributed by atoms with Crippen molar-refractivity contribution < 1.29 is 19.7 Å². The molecule has 3 aromatic rings. The summed E-state index contributed by atoms with van der Waals surface area (Å²) in [6, 6.07) is 8.07. The van der Waals surface area contributed by atoms with E-state index in [0.29, 0.717) is 23.5 Å². The Balaban J connectivity index is 1.83. The van der Waals surface area contributed by atoms with E-state index in [9.17, 15) is 15.0 Å². The number of halogens is 1. The molecule has 2 heterocycles. The number of benzene rings is 1. The molecular formula is C18H21IN6O4. The number of aliphatic hydroxyl groups is 2. The number of amides is 1. The zero-order chi connectivity index (χ0) is 20.8. The molecule has 0 saturated carbocycles. The molecule has 2 atom stereocenters. The number of nitrogens with one attached hydrogen (secondary N) is 2. The standard InChI is InChI=1S/C18H21IN6O4/c1-20-18(28)13(7-26)29-14(8-27)25-10-24-15-16(22-9-23-17(15)25)21-6-11-3-2-4-12(19)5-11/h2-5,9-10,13-14,26-27H,6-8H2,1H3,(H,20,28)(H,21,22,23)/t13-,14+/m0/s1. The van der Waals surface area contributed by atoms with Gasteiger partial charge in [0.2, 0.25) is 0 Å². The van der Waals surface area contributed by atoms with Crippen molar-refractivity contribution in [3.05, 3.63) is 46.1 Å². The fraction of sp³-hybridized carbons (Fsp3) is 0.333. The molecule has 11 heteroatoms. The van der Waals surface area contributed by atoms with Crippen molar-refractivity contribution in [2.24, 2.45) is 0 Å². The van der Waals surface area contributed by atoms with Gasteiger partial charge in [0.05, 0.1) is 19.5 Å². The number of anilines is 1. The summed E-state index contributed by atoms with van der Waals surface area (Å²) in [6.07, 6.45) is 0.756. The molecule has 154 valence electrons. The van der Waals surface area contributed by atoms with Crippen LogP contribution >= 0.6 is 22.6 Å². The normalized spacial score (nSPS) is 13.2. The van der Waals surface area contributed by atoms with Crippen LogP contribution < -0.4 is 10.6 Å². The number of nitrogens with zero attached hydrogens (tertiary/aromatic N) is 4. The molecule has 0 aliphatic heterocycles. The molecule has 4 N–H and O–H groups in total. The number of imidazole rings is 1. The maximum atomic E-state index is 11.8. The lowest BCUT2D eigenvalue weighted by molar-refractivity contribution is -0.148. The second kappa shape index (κ2) is 9.91. The van der Waals surface area contributed by atoms with Crippen LogP contribution in [-0.4, -0.2) is 62.0 Å². The van der Waals surface area contributed by atoms with E-state index < -0.39 is 31.5 Å². The van der Waals surface area contributed by atoms with Crippen molar-refractivity contribution >= 4 is 45.5 Å². The molecule has 0 unspecified atom stereocenters. The Bertz CT molecular complexity index is 982. The average Bonchev–Trinajstić information content (AvgIpc) is 3.17. The first-order valence-electron chi connectivity index (χ1n) is 8.82. The zero-order valence-corrected chi connectivity index (χ0v) is 17.8. The van der Waals surface area contributed by atoms with E-state index in [-0.39, 0.29) is 0 Å². The lowest BCUT2D eigenvalue weighted by atomic mass is 10.2. The van der Waals surface area contributed by atoms with E-state index >= 15 is 0 Å². The van der Waals surface area contributed by atoms with Crippen molar-refractivity contribution in [3.63, 3.8) is 0 Å². The summed E-state index contributed by atoms with van der Waals surface area (Å²) in [7, 11) is 1.44. The van der Waals surface area contributed by atoms with Gasteiger partial charge in [-0.3, -0.25) is 9.36 Å². The zero-order valence-electron chi connectivity index (χ0n) is 15.6. The minimum absolute atomic E-state index is 0.429. The number of rotatable bonds is 9. The second-order valence-electron chi connectivity index (χ2n) is 6.09. The number of hydrogen-bond acceptors (Lipinski definition) is 8. The summed E-state index contributed by atoms with van der Waals surface area (Å²) in [6.45, 7) is -0.409. The molecule has 0 radical (unpaired) electrons. The van der Waals surface area contributed by atoms with E-state index in [1.165, 1.54) is 24.3 Å². The smallest absolute Gasteiger partial charge is 0.251 e. The van der Waals surface area contributed by atoms with Crippen LogP contribution in [0.15, 0.2) is 36.9 Å². The third kappa shape index (κ3) is 4.98. The maximum Gasteiger partial charge on any atom is 0.251 e. The minimum Gasteiger partial charge on any atom is -0.393 e. The predicted molar refractivity (Wildman–Crippen MR) is 114 cm³/mol. The van der Waals surface area contributed by atoms with Crippen molar-refractivity contribution in [1.82, 2.24) is 24.8 Å². The second-order valence-corrected chi connectivity index (χ2v) is 7.33. The predicted octanol–water partition coefficient (Wildman–Crippen LogP) is 0.657. The quantitative estimate of drug-likeness (QED) is 0.308. The highest BCUT2D eigenvalue weighted by Crippen LogP contribution is 2.23. The Labute approximate surface area is 180 Å². The van der Waals surface area contributed by atoms with Crippen LogP contribution in [0.25, 0.3) is 11.2 Å². The first-order chi connectivity index (χ1) is 14.1. The van der Waals surface area contributed by atoms with Gasteiger partial charge < -0.3 is 25.6 Å². The SMILES string of the molecule is CNC(=O)[C@H](CO)O[C@H](CO)n1cnc2c(NCc3cccc(I)c3)ncnc21. The first kappa shape index (κ1) is 21.4. The van der Waals surface area contributed by atoms with E-state index in [2.05, 4.69) is 54.2 Å². The topological polar surface area (TPSA) is 134 Å². The highest BCUT2D eigenvalue weighted by molar-refractivity contribution is 14.1. The van der Waals surface area contributed by atoms with Gasteiger partial charge in [-0.15, -0.1) is 0 Å². The highest BCUT2D eigenvalue weighted by atomic mass is 127. The van der Waals surface area contributed by atoms with Crippen LogP contribution in [0.1, 0.15) is 11.8 Å². The molecule has 0 aliphatic rings. The molecule has 0 aliphatic carbocycles. The lowest BCUT2D eigenvalue weighted by Gasteiger charge is -2.22. The molecule has 0 fully saturated rings. The Kier molecular flexibility index (Phi) is 7.30. The molecule has 0 spiro atoms. The lowest BCUT2D eigenvalue weighted by Crippen LogP contribution is -2.39. The van der Waals surface area contributed by atoms with Crippen LogP contribution in [0.4, 0.5) is 5.82 Å². The molecule has 2 aromatic heterocycles. The molecule has 10 nitrogen and oxygen atoms in total. The Hall–Kier alpha value is -2.35. The van der Waals surface area contributed by atoms with Gasteiger partial charge in [-0.05, 0) is 40.3 Å². The molecule has 0 bridgehead atoms. The molecule has 0 saturated heterocycles. The van der Waals surface area contributed by atoms with Crippen LogP contribution in [-0.2, 0) is 16.1 Å². The van der Waals surface area contributed by atoms with Gasteiger partial charge in [0.1, 0.15) is 6.33 Å². The number of aromatic nitrogens is 4. The van der Waals surface area contributed by atoms with Gasteiger partial charge in [-0.1, -0.05) is 12.1 Å². The van der Waals surface area contributed by atoms with Gasteiger partial charge in [-0.25, -0.2) is 15.0 Å². The fourth-order valence-corrected chi connectivity index (χ4v) is 3.37. The maximum absolute atomic E-state index is 11.8. The number of fused-ring (bicyclic) bond motifs is 1. The molecule has 29 heavy (non-hydrogen) atoms. The number of ether oxygens (including phenoxy) is 1. The van der Waals surface area contributed by atoms with Crippen molar-refractivity contribution in [3.8, 4) is 0 Å². The van der Waals surface area contributed by atoms with Gasteiger partial charge >= 0.3 is 0 Å². The van der Waals surface area contributed by atoms with E-state index in [1.807, 2.05) is 18.2 Å². The summed E-state index contributed by atoms with van der Waals surface area (Å²) >= 11 is 2.26. The van der Waals surface area contributed by atoms with Crippen LogP contribution in [0, 0.1) is 3.57 Å². The molecule has 1 amide bonds. The largest absolute Gasteiger partial charge is 0.393 e. The molecular weight excluding hydrogens is 491 g/mol. The first-order valence-corrected chi connectivity index (χ1v) is 9.89. The highest BCUT2D eigenvalue weighted by Gasteiger charge is 2.24. The fourth-order valence-electron chi connectivity index (χ4n) is 2.76. The van der Waals surface area contributed by atoms with Crippen molar-refractivity contribution in [2.45, 2.75) is 18.9 Å². The van der Waals surface area contributed by atoms with Crippen LogP contribution in [0.2, 0.25) is 0 Å².